The average molecular weight is 531 g/mol. The highest BCUT2D eigenvalue weighted by molar-refractivity contribution is 5.95. The maximum Gasteiger partial charge on any atom is 0.338 e. The highest BCUT2D eigenvalue weighted by Gasteiger charge is 2.24. The van der Waals surface area contributed by atoms with E-state index in [9.17, 15) is 9.59 Å². The summed E-state index contributed by atoms with van der Waals surface area (Å²) in [7, 11) is 0. The van der Waals surface area contributed by atoms with Crippen molar-refractivity contribution < 1.29 is 19.1 Å². The second kappa shape index (κ2) is 19.3. The number of unbranched alkanes of at least 4 members (excludes halogenated alkanes) is 6. The van der Waals surface area contributed by atoms with Crippen molar-refractivity contribution >= 4 is 11.9 Å². The maximum absolute atomic E-state index is 12.8. The Morgan fingerprint density at radius 2 is 1.03 bits per heavy atom. The van der Waals surface area contributed by atoms with Gasteiger partial charge in [0, 0.05) is 0 Å². The Labute approximate surface area is 234 Å². The van der Waals surface area contributed by atoms with Crippen LogP contribution in [0.4, 0.5) is 0 Å². The molecule has 0 saturated carbocycles. The van der Waals surface area contributed by atoms with Gasteiger partial charge in [-0.05, 0) is 66.5 Å². The fourth-order valence-corrected chi connectivity index (χ4v) is 5.76. The molecule has 0 aromatic heterocycles. The monoisotopic (exact) mass is 530 g/mol. The van der Waals surface area contributed by atoms with Gasteiger partial charge in [0.2, 0.25) is 0 Å². The van der Waals surface area contributed by atoms with Crippen LogP contribution < -0.4 is 0 Å². The first-order valence-electron chi connectivity index (χ1n) is 15.6. The van der Waals surface area contributed by atoms with Crippen LogP contribution in [0.3, 0.4) is 0 Å². The molecule has 4 nitrogen and oxygen atoms in total. The van der Waals surface area contributed by atoms with Crippen LogP contribution in [0.15, 0.2) is 24.3 Å². The molecule has 0 aliphatic heterocycles. The molecule has 0 aliphatic carbocycles. The number of esters is 2. The molecule has 0 saturated heterocycles. The molecule has 38 heavy (non-hydrogen) atoms. The van der Waals surface area contributed by atoms with Gasteiger partial charge in [-0.2, -0.15) is 0 Å². The molecule has 218 valence electrons. The van der Waals surface area contributed by atoms with Gasteiger partial charge in [-0.1, -0.05) is 113 Å². The summed E-state index contributed by atoms with van der Waals surface area (Å²) in [6, 6.07) is 6.76. The summed E-state index contributed by atoms with van der Waals surface area (Å²) < 4.78 is 11.4. The SMILES string of the molecule is CCCCCCC(C(C)C)C(C)COC(=O)c1cccc(C(=O)OCC(C)C(CCCCCC)C(C)C)c1. The molecule has 4 heteroatoms. The lowest BCUT2D eigenvalue weighted by Gasteiger charge is -2.27. The summed E-state index contributed by atoms with van der Waals surface area (Å²) >= 11 is 0. The smallest absolute Gasteiger partial charge is 0.338 e. The number of ether oxygens (including phenoxy) is 2. The van der Waals surface area contributed by atoms with E-state index in [2.05, 4.69) is 55.4 Å². The number of carbonyl (C=O) groups excluding carboxylic acids is 2. The third-order valence-electron chi connectivity index (χ3n) is 8.25. The van der Waals surface area contributed by atoms with E-state index >= 15 is 0 Å². The second-order valence-corrected chi connectivity index (χ2v) is 12.2. The molecule has 1 aromatic carbocycles. The molecule has 0 bridgehead atoms. The van der Waals surface area contributed by atoms with Crippen LogP contribution in [-0.2, 0) is 9.47 Å². The maximum atomic E-state index is 12.8. The Kier molecular flexibility index (Phi) is 17.3. The van der Waals surface area contributed by atoms with E-state index in [1.54, 1.807) is 24.3 Å². The molecule has 4 unspecified atom stereocenters. The zero-order valence-electron chi connectivity index (χ0n) is 25.9. The van der Waals surface area contributed by atoms with Gasteiger partial charge >= 0.3 is 11.9 Å². The highest BCUT2D eigenvalue weighted by atomic mass is 16.5. The molecule has 0 radical (unpaired) electrons. The lowest BCUT2D eigenvalue weighted by atomic mass is 9.81. The van der Waals surface area contributed by atoms with Crippen LogP contribution >= 0.6 is 0 Å². The van der Waals surface area contributed by atoms with Gasteiger partial charge in [-0.15, -0.1) is 0 Å². The number of rotatable bonds is 20. The zero-order chi connectivity index (χ0) is 28.5. The predicted octanol–water partition coefficient (Wildman–Crippen LogP) is 9.76. The number of hydrogen-bond acceptors (Lipinski definition) is 4. The van der Waals surface area contributed by atoms with Gasteiger partial charge in [0.05, 0.1) is 24.3 Å². The van der Waals surface area contributed by atoms with E-state index < -0.39 is 0 Å². The van der Waals surface area contributed by atoms with Crippen molar-refractivity contribution in [3.63, 3.8) is 0 Å². The number of carbonyl (C=O) groups is 2. The summed E-state index contributed by atoms with van der Waals surface area (Å²) in [6.07, 6.45) is 12.4. The van der Waals surface area contributed by atoms with Gasteiger partial charge in [-0.3, -0.25) is 0 Å². The fourth-order valence-electron chi connectivity index (χ4n) is 5.76. The third kappa shape index (κ3) is 12.8. The van der Waals surface area contributed by atoms with E-state index in [0.29, 0.717) is 59.8 Å². The van der Waals surface area contributed by atoms with Crippen molar-refractivity contribution in [2.45, 2.75) is 120 Å². The van der Waals surface area contributed by atoms with Gasteiger partial charge in [0.15, 0.2) is 0 Å². The van der Waals surface area contributed by atoms with E-state index in [1.165, 1.54) is 64.2 Å². The van der Waals surface area contributed by atoms with Crippen LogP contribution in [0.25, 0.3) is 0 Å². The fraction of sp³-hybridized carbons (Fsp3) is 0.765. The molecular formula is C34H58O4. The van der Waals surface area contributed by atoms with Gasteiger partial charge < -0.3 is 9.47 Å². The Bertz CT molecular complexity index is 723. The molecule has 1 rings (SSSR count). The van der Waals surface area contributed by atoms with Crippen molar-refractivity contribution in [1.29, 1.82) is 0 Å². The third-order valence-corrected chi connectivity index (χ3v) is 8.25. The Morgan fingerprint density at radius 1 is 0.632 bits per heavy atom. The van der Waals surface area contributed by atoms with Crippen molar-refractivity contribution in [1.82, 2.24) is 0 Å². The van der Waals surface area contributed by atoms with Crippen LogP contribution in [-0.4, -0.2) is 25.2 Å². The molecule has 0 heterocycles. The van der Waals surface area contributed by atoms with Crippen LogP contribution in [0.5, 0.6) is 0 Å². The largest absolute Gasteiger partial charge is 0.462 e. The number of benzene rings is 1. The van der Waals surface area contributed by atoms with Crippen LogP contribution in [0, 0.1) is 35.5 Å². The Morgan fingerprint density at radius 3 is 1.37 bits per heavy atom. The lowest BCUT2D eigenvalue weighted by molar-refractivity contribution is 0.0370. The Hall–Kier alpha value is -1.84. The summed E-state index contributed by atoms with van der Waals surface area (Å²) in [5.74, 6) is 2.02. The molecule has 1 aromatic rings. The summed E-state index contributed by atoms with van der Waals surface area (Å²) in [4.78, 5) is 25.6. The first-order valence-corrected chi connectivity index (χ1v) is 15.6. The standard InChI is InChI=1S/C34H58O4/c1-9-11-13-15-20-31(25(3)4)27(7)23-37-33(35)29-18-17-19-30(22-29)34(36)38-24-28(8)32(26(5)6)21-16-14-12-10-2/h17-19,22,25-28,31-32H,9-16,20-21,23-24H2,1-8H3. The van der Waals surface area contributed by atoms with E-state index in [0.717, 1.165) is 0 Å². The molecule has 0 fully saturated rings. The van der Waals surface area contributed by atoms with Crippen LogP contribution in [0.2, 0.25) is 0 Å². The zero-order valence-corrected chi connectivity index (χ0v) is 25.9. The Balaban J connectivity index is 2.64. The molecule has 4 atom stereocenters. The second-order valence-electron chi connectivity index (χ2n) is 12.2. The summed E-state index contributed by atoms with van der Waals surface area (Å²) in [6.45, 7) is 18.7. The average Bonchev–Trinajstić information content (AvgIpc) is 2.89. The first kappa shape index (κ1) is 34.2. The van der Waals surface area contributed by atoms with Crippen molar-refractivity contribution in [3.05, 3.63) is 35.4 Å². The van der Waals surface area contributed by atoms with E-state index in [1.807, 2.05) is 0 Å². The van der Waals surface area contributed by atoms with Gasteiger partial charge in [0.1, 0.15) is 0 Å². The minimum Gasteiger partial charge on any atom is -0.462 e. The van der Waals surface area contributed by atoms with Gasteiger partial charge in [0.25, 0.3) is 0 Å². The van der Waals surface area contributed by atoms with E-state index in [4.69, 9.17) is 9.47 Å². The minimum atomic E-state index is -0.375. The summed E-state index contributed by atoms with van der Waals surface area (Å²) in [5, 5.41) is 0. The molecule has 0 N–H and O–H groups in total. The normalized spacial score (nSPS) is 14.8. The van der Waals surface area contributed by atoms with Gasteiger partial charge in [-0.25, -0.2) is 9.59 Å². The molecule has 0 spiro atoms. The predicted molar refractivity (Wildman–Crippen MR) is 160 cm³/mol. The van der Waals surface area contributed by atoms with Crippen molar-refractivity contribution in [3.8, 4) is 0 Å². The summed E-state index contributed by atoms with van der Waals surface area (Å²) in [5.41, 5.74) is 0.805. The van der Waals surface area contributed by atoms with Crippen LogP contribution in [0.1, 0.15) is 140 Å². The topological polar surface area (TPSA) is 52.6 Å². The van der Waals surface area contributed by atoms with Crippen molar-refractivity contribution in [2.24, 2.45) is 35.5 Å². The highest BCUT2D eigenvalue weighted by Crippen LogP contribution is 2.29. The molecular weight excluding hydrogens is 472 g/mol. The number of hydrogen-bond donors (Lipinski definition) is 0. The first-order chi connectivity index (χ1) is 18.1. The lowest BCUT2D eigenvalue weighted by Crippen LogP contribution is -2.24. The molecule has 0 amide bonds. The van der Waals surface area contributed by atoms with Crippen molar-refractivity contribution in [2.75, 3.05) is 13.2 Å². The molecule has 0 aliphatic rings. The quantitative estimate of drug-likeness (QED) is 0.124. The van der Waals surface area contributed by atoms with E-state index in [-0.39, 0.29) is 11.9 Å². The minimum absolute atomic E-state index is 0.297.